The zero-order chi connectivity index (χ0) is 41.3. The molecule has 3 rings (SSSR count). The molecular weight excluding hydrogens is 738 g/mol. The summed E-state index contributed by atoms with van der Waals surface area (Å²) in [6.45, 7) is 10.9. The summed E-state index contributed by atoms with van der Waals surface area (Å²) in [5.74, 6) is 0.875. The summed E-state index contributed by atoms with van der Waals surface area (Å²) in [5, 5.41) is 30.6. The number of carbonyl (C=O) groups is 3. The molecule has 0 fully saturated rings. The average Bonchev–Trinajstić information content (AvgIpc) is 3.68. The topological polar surface area (TPSA) is 240 Å². The van der Waals surface area contributed by atoms with Crippen LogP contribution in [0.25, 0.3) is 22.5 Å². The van der Waals surface area contributed by atoms with Gasteiger partial charge in [0, 0.05) is 24.6 Å². The van der Waals surface area contributed by atoms with Gasteiger partial charge in [-0.2, -0.15) is 0 Å². The molecule has 0 spiro atoms. The van der Waals surface area contributed by atoms with E-state index in [1.54, 1.807) is 6.92 Å². The van der Waals surface area contributed by atoms with Crippen molar-refractivity contribution in [3.8, 4) is 22.5 Å². The number of aromatic nitrogens is 4. The molecule has 2 atom stereocenters. The van der Waals surface area contributed by atoms with E-state index in [0.717, 1.165) is 35.1 Å². The van der Waals surface area contributed by atoms with Gasteiger partial charge in [0.2, 0.25) is 18.0 Å². The van der Waals surface area contributed by atoms with Gasteiger partial charge in [-0.1, -0.05) is 75.7 Å². The Hall–Kier alpha value is -5.92. The van der Waals surface area contributed by atoms with Crippen molar-refractivity contribution in [2.24, 2.45) is 5.92 Å². The van der Waals surface area contributed by atoms with Crippen molar-refractivity contribution < 1.29 is 53.2 Å². The molecule has 3 aromatic rings. The average molecular weight is 790 g/mol. The number of rotatable bonds is 25. The molecular formula is C36H51N7O13. The van der Waals surface area contributed by atoms with E-state index in [9.17, 15) is 34.6 Å². The van der Waals surface area contributed by atoms with Crippen LogP contribution in [-0.2, 0) is 44.8 Å². The molecule has 0 saturated heterocycles. The highest BCUT2D eigenvalue weighted by Gasteiger charge is 2.23. The SMILES string of the molecule is CCCCC(=O)N(Cc1ccc(-c2ccccc2-c2nnn(C(C)OC(=O)OCCOCCO[N+](=O)[O-])n2)cc1)C(C)C(C)C.O=COCCCCO[N+](=O)[O-]. The first-order chi connectivity index (χ1) is 26.9. The lowest BCUT2D eigenvalue weighted by Gasteiger charge is -2.32. The lowest BCUT2D eigenvalue weighted by atomic mass is 9.97. The number of amides is 1. The van der Waals surface area contributed by atoms with Crippen LogP contribution in [0.1, 0.15) is 78.5 Å². The van der Waals surface area contributed by atoms with Crippen molar-refractivity contribution >= 4 is 18.5 Å². The Kier molecular flexibility index (Phi) is 21.5. The molecule has 56 heavy (non-hydrogen) atoms. The summed E-state index contributed by atoms with van der Waals surface area (Å²) in [7, 11) is 0. The fourth-order valence-electron chi connectivity index (χ4n) is 4.85. The standard InChI is InChI=1S/C31H42N6O8.C5H9NO5/c1-6-7-12-29(38)35(23(4)22(2)3)21-25-13-15-26(16-14-25)27-10-8-9-11-28(27)30-32-34-36(33-30)24(5)45-31(39)43-19-17-42-18-20-44-37(40)41;7-5-10-3-1-2-4-11-6(8)9/h8-11,13-16,22-24H,6-7,12,17-21H2,1-5H3;5H,1-4H2. The fourth-order valence-corrected chi connectivity index (χ4v) is 4.85. The molecule has 20 heteroatoms. The minimum absolute atomic E-state index is 0.0143. The van der Waals surface area contributed by atoms with Crippen LogP contribution >= 0.6 is 0 Å². The van der Waals surface area contributed by atoms with E-state index in [1.165, 1.54) is 4.80 Å². The fraction of sp³-hybridized carbons (Fsp3) is 0.556. The molecule has 2 unspecified atom stereocenters. The van der Waals surface area contributed by atoms with Crippen LogP contribution in [-0.4, -0.2) is 99.5 Å². The summed E-state index contributed by atoms with van der Waals surface area (Å²) in [5.41, 5.74) is 3.64. The summed E-state index contributed by atoms with van der Waals surface area (Å²) < 4.78 is 19.6. The number of unbranched alkanes of at least 4 members (excludes halogenated alkanes) is 2. The number of carbonyl (C=O) groups excluding carboxylic acids is 3. The Labute approximate surface area is 324 Å². The van der Waals surface area contributed by atoms with E-state index in [-0.39, 0.29) is 51.6 Å². The van der Waals surface area contributed by atoms with Crippen LogP contribution in [0, 0.1) is 26.1 Å². The van der Waals surface area contributed by atoms with Crippen molar-refractivity contribution in [3.63, 3.8) is 0 Å². The maximum absolute atomic E-state index is 13.0. The van der Waals surface area contributed by atoms with E-state index >= 15 is 0 Å². The van der Waals surface area contributed by atoms with Crippen LogP contribution in [0.15, 0.2) is 48.5 Å². The largest absolute Gasteiger partial charge is 0.510 e. The molecule has 2 aromatic carbocycles. The van der Waals surface area contributed by atoms with Gasteiger partial charge >= 0.3 is 6.16 Å². The number of benzene rings is 2. The highest BCUT2D eigenvalue weighted by Crippen LogP contribution is 2.30. The molecule has 0 radical (unpaired) electrons. The van der Waals surface area contributed by atoms with Crippen LogP contribution in [0.2, 0.25) is 0 Å². The second-order valence-corrected chi connectivity index (χ2v) is 12.5. The molecule has 1 heterocycles. The summed E-state index contributed by atoms with van der Waals surface area (Å²) in [6, 6.07) is 15.9. The van der Waals surface area contributed by atoms with Crippen molar-refractivity contribution in [2.45, 2.75) is 85.5 Å². The molecule has 20 nitrogen and oxygen atoms in total. The number of hydrogen-bond acceptors (Lipinski definition) is 16. The van der Waals surface area contributed by atoms with Crippen LogP contribution < -0.4 is 0 Å². The van der Waals surface area contributed by atoms with Crippen molar-refractivity contribution in [2.75, 3.05) is 39.6 Å². The predicted molar refractivity (Wildman–Crippen MR) is 198 cm³/mol. The first-order valence-corrected chi connectivity index (χ1v) is 18.2. The van der Waals surface area contributed by atoms with Gasteiger partial charge in [0.25, 0.3) is 16.6 Å². The van der Waals surface area contributed by atoms with Gasteiger partial charge in [-0.3, -0.25) is 9.59 Å². The Morgan fingerprint density at radius 3 is 2.14 bits per heavy atom. The van der Waals surface area contributed by atoms with Gasteiger partial charge in [0.05, 0.1) is 26.4 Å². The monoisotopic (exact) mass is 789 g/mol. The first-order valence-electron chi connectivity index (χ1n) is 18.2. The normalized spacial score (nSPS) is 11.7. The third kappa shape index (κ3) is 17.5. The van der Waals surface area contributed by atoms with E-state index in [0.29, 0.717) is 44.0 Å². The minimum atomic E-state index is -0.958. The van der Waals surface area contributed by atoms with E-state index in [4.69, 9.17) is 14.2 Å². The molecule has 0 saturated carbocycles. The Balaban J connectivity index is 0.000000854. The van der Waals surface area contributed by atoms with Crippen LogP contribution in [0.4, 0.5) is 4.79 Å². The molecule has 0 N–H and O–H groups in total. The molecule has 0 aliphatic heterocycles. The first kappa shape index (κ1) is 46.2. The Morgan fingerprint density at radius 1 is 0.857 bits per heavy atom. The lowest BCUT2D eigenvalue weighted by molar-refractivity contribution is -0.758. The summed E-state index contributed by atoms with van der Waals surface area (Å²) in [4.78, 5) is 65.6. The maximum atomic E-state index is 13.0. The molecule has 0 aliphatic rings. The van der Waals surface area contributed by atoms with Crippen LogP contribution in [0.3, 0.4) is 0 Å². The highest BCUT2D eigenvalue weighted by atomic mass is 17.0. The molecule has 1 amide bonds. The molecule has 0 aliphatic carbocycles. The quantitative estimate of drug-likeness (QED) is 0.0333. The Bertz CT molecular complexity index is 1640. The minimum Gasteiger partial charge on any atom is -0.468 e. The molecule has 0 bridgehead atoms. The van der Waals surface area contributed by atoms with Crippen molar-refractivity contribution in [1.82, 2.24) is 25.1 Å². The van der Waals surface area contributed by atoms with Crippen molar-refractivity contribution in [1.29, 1.82) is 0 Å². The Morgan fingerprint density at radius 2 is 1.50 bits per heavy atom. The predicted octanol–water partition coefficient (Wildman–Crippen LogP) is 5.61. The third-order valence-corrected chi connectivity index (χ3v) is 8.12. The van der Waals surface area contributed by atoms with Gasteiger partial charge < -0.3 is 33.5 Å². The second kappa shape index (κ2) is 26.0. The lowest BCUT2D eigenvalue weighted by Crippen LogP contribution is -2.40. The zero-order valence-corrected chi connectivity index (χ0v) is 32.4. The van der Waals surface area contributed by atoms with Crippen molar-refractivity contribution in [3.05, 3.63) is 74.3 Å². The van der Waals surface area contributed by atoms with E-state index in [2.05, 4.69) is 57.5 Å². The van der Waals surface area contributed by atoms with Gasteiger partial charge in [0.1, 0.15) is 13.2 Å². The maximum Gasteiger partial charge on any atom is 0.510 e. The van der Waals surface area contributed by atoms with Crippen LogP contribution in [0.5, 0.6) is 0 Å². The zero-order valence-electron chi connectivity index (χ0n) is 32.4. The molecule has 1 aromatic heterocycles. The van der Waals surface area contributed by atoms with Gasteiger partial charge in [0.15, 0.2) is 0 Å². The number of hydrogen-bond donors (Lipinski definition) is 0. The summed E-state index contributed by atoms with van der Waals surface area (Å²) >= 11 is 0. The summed E-state index contributed by atoms with van der Waals surface area (Å²) in [6.07, 6.45) is 1.64. The number of tetrazole rings is 1. The number of ether oxygens (including phenoxy) is 4. The van der Waals surface area contributed by atoms with E-state index in [1.807, 2.05) is 53.4 Å². The van der Waals surface area contributed by atoms with Gasteiger partial charge in [-0.15, -0.1) is 35.2 Å². The van der Waals surface area contributed by atoms with Gasteiger partial charge in [-0.05, 0) is 60.9 Å². The van der Waals surface area contributed by atoms with E-state index < -0.39 is 22.6 Å². The second-order valence-electron chi connectivity index (χ2n) is 12.5. The smallest absolute Gasteiger partial charge is 0.468 e. The molecule has 308 valence electrons. The van der Waals surface area contributed by atoms with Gasteiger partial charge in [-0.25, -0.2) is 4.79 Å². The number of nitrogens with zero attached hydrogens (tertiary/aromatic N) is 7. The highest BCUT2D eigenvalue weighted by molar-refractivity contribution is 5.80. The third-order valence-electron chi connectivity index (χ3n) is 8.12.